The van der Waals surface area contributed by atoms with Crippen LogP contribution >= 0.6 is 0 Å². The number of aromatic nitrogens is 3. The van der Waals surface area contributed by atoms with E-state index in [0.29, 0.717) is 16.6 Å². The molecule has 0 atom stereocenters. The van der Waals surface area contributed by atoms with E-state index in [9.17, 15) is 13.2 Å². The molecule has 0 aliphatic rings. The fourth-order valence-electron chi connectivity index (χ4n) is 5.12. The van der Waals surface area contributed by atoms with Gasteiger partial charge in [0.15, 0.2) is 5.82 Å². The van der Waals surface area contributed by atoms with Gasteiger partial charge >= 0.3 is 6.18 Å². The van der Waals surface area contributed by atoms with Crippen molar-refractivity contribution in [3.63, 3.8) is 0 Å². The molecular formula is C32H18F3N3. The zero-order valence-corrected chi connectivity index (χ0v) is 19.9. The molecule has 0 amide bonds. The van der Waals surface area contributed by atoms with Crippen LogP contribution < -0.4 is 0 Å². The van der Waals surface area contributed by atoms with Crippen LogP contribution in [0.25, 0.3) is 66.5 Å². The van der Waals surface area contributed by atoms with E-state index in [0.717, 1.165) is 56.2 Å². The molecule has 0 radical (unpaired) electrons. The van der Waals surface area contributed by atoms with Gasteiger partial charge in [-0.25, -0.2) is 15.0 Å². The number of alkyl halides is 3. The highest BCUT2D eigenvalue weighted by Gasteiger charge is 2.30. The first-order valence-corrected chi connectivity index (χ1v) is 12.1. The van der Waals surface area contributed by atoms with Gasteiger partial charge in [-0.05, 0) is 36.4 Å². The van der Waals surface area contributed by atoms with Gasteiger partial charge in [0.1, 0.15) is 0 Å². The van der Waals surface area contributed by atoms with Crippen molar-refractivity contribution >= 4 is 32.6 Å². The van der Waals surface area contributed by atoms with Gasteiger partial charge in [0.25, 0.3) is 0 Å². The van der Waals surface area contributed by atoms with Gasteiger partial charge in [-0.2, -0.15) is 13.2 Å². The highest BCUT2D eigenvalue weighted by atomic mass is 19.4. The van der Waals surface area contributed by atoms with E-state index in [2.05, 4.69) is 0 Å². The second kappa shape index (κ2) is 8.35. The number of nitrogens with zero attached hydrogens (tertiary/aromatic N) is 3. The zero-order chi connectivity index (χ0) is 25.9. The monoisotopic (exact) mass is 501 g/mol. The summed E-state index contributed by atoms with van der Waals surface area (Å²) < 4.78 is 40.1. The van der Waals surface area contributed by atoms with Crippen molar-refractivity contribution in [3.05, 3.63) is 115 Å². The second-order valence-corrected chi connectivity index (χ2v) is 9.18. The molecule has 0 saturated heterocycles. The summed E-state index contributed by atoms with van der Waals surface area (Å²) in [5, 5.41) is 3.80. The van der Waals surface area contributed by atoms with Crippen LogP contribution in [0.4, 0.5) is 13.2 Å². The van der Waals surface area contributed by atoms with E-state index in [1.54, 1.807) is 6.07 Å². The first-order valence-electron chi connectivity index (χ1n) is 12.1. The molecule has 0 N–H and O–H groups in total. The third-order valence-electron chi connectivity index (χ3n) is 6.85. The number of hydrogen-bond acceptors (Lipinski definition) is 3. The molecule has 2 aromatic heterocycles. The molecule has 0 unspecified atom stereocenters. The molecule has 0 aliphatic heterocycles. The second-order valence-electron chi connectivity index (χ2n) is 9.18. The molecule has 0 saturated carbocycles. The maximum atomic E-state index is 13.4. The Hall–Kier alpha value is -4.84. The van der Waals surface area contributed by atoms with Gasteiger partial charge in [0.05, 0.1) is 28.0 Å². The Kier molecular flexibility index (Phi) is 4.91. The van der Waals surface area contributed by atoms with Crippen molar-refractivity contribution in [1.29, 1.82) is 0 Å². The summed E-state index contributed by atoms with van der Waals surface area (Å²) in [4.78, 5) is 14.6. The lowest BCUT2D eigenvalue weighted by molar-refractivity contribution is -0.137. The summed E-state index contributed by atoms with van der Waals surface area (Å²) in [6.07, 6.45) is -4.44. The molecule has 2 heterocycles. The maximum absolute atomic E-state index is 13.4. The summed E-state index contributed by atoms with van der Waals surface area (Å²) in [5.74, 6) is 0.256. The predicted octanol–water partition coefficient (Wildman–Crippen LogP) is 8.79. The average molecular weight is 502 g/mol. The molecule has 0 spiro atoms. The molecule has 0 fully saturated rings. The molecule has 7 aromatic rings. The van der Waals surface area contributed by atoms with Crippen molar-refractivity contribution in [2.45, 2.75) is 6.18 Å². The lowest BCUT2D eigenvalue weighted by atomic mass is 9.93. The molecule has 182 valence electrons. The Morgan fingerprint density at radius 2 is 1.00 bits per heavy atom. The molecule has 6 heteroatoms. The van der Waals surface area contributed by atoms with Crippen LogP contribution in [0.1, 0.15) is 5.56 Å². The fourth-order valence-corrected chi connectivity index (χ4v) is 5.12. The molecule has 0 aliphatic carbocycles. The topological polar surface area (TPSA) is 38.7 Å². The lowest BCUT2D eigenvalue weighted by Gasteiger charge is -2.17. The number of hydrogen-bond donors (Lipinski definition) is 0. The lowest BCUT2D eigenvalue weighted by Crippen LogP contribution is -2.05. The van der Waals surface area contributed by atoms with Crippen LogP contribution in [-0.4, -0.2) is 15.0 Å². The van der Waals surface area contributed by atoms with Crippen molar-refractivity contribution in [3.8, 4) is 33.9 Å². The van der Waals surface area contributed by atoms with Gasteiger partial charge in [-0.15, -0.1) is 0 Å². The van der Waals surface area contributed by atoms with E-state index in [1.165, 1.54) is 6.07 Å². The van der Waals surface area contributed by atoms with Gasteiger partial charge in [-0.3, -0.25) is 0 Å². The van der Waals surface area contributed by atoms with Gasteiger partial charge in [0, 0.05) is 38.2 Å². The SMILES string of the molecule is FC(F)(F)c1cccc(-c2nc3ccc4c(-c5ccccc5)nc(-c5ccccc5)c5ccc(n2)c3c45)c1. The average Bonchev–Trinajstić information content (AvgIpc) is 2.96. The molecule has 0 bridgehead atoms. The highest BCUT2D eigenvalue weighted by Crippen LogP contribution is 2.42. The van der Waals surface area contributed by atoms with E-state index in [4.69, 9.17) is 15.0 Å². The summed E-state index contributed by atoms with van der Waals surface area (Å²) in [7, 11) is 0. The maximum Gasteiger partial charge on any atom is 0.416 e. The quantitative estimate of drug-likeness (QED) is 0.227. The van der Waals surface area contributed by atoms with Crippen LogP contribution in [-0.2, 0) is 6.18 Å². The van der Waals surface area contributed by atoms with Crippen molar-refractivity contribution in [2.24, 2.45) is 0 Å². The summed E-state index contributed by atoms with van der Waals surface area (Å²) in [6, 6.07) is 33.0. The summed E-state index contributed by atoms with van der Waals surface area (Å²) in [6.45, 7) is 0. The van der Waals surface area contributed by atoms with E-state index in [1.807, 2.05) is 84.9 Å². The van der Waals surface area contributed by atoms with Crippen molar-refractivity contribution in [2.75, 3.05) is 0 Å². The van der Waals surface area contributed by atoms with E-state index >= 15 is 0 Å². The minimum atomic E-state index is -4.44. The van der Waals surface area contributed by atoms with Crippen LogP contribution in [0.15, 0.2) is 109 Å². The van der Waals surface area contributed by atoms with Crippen molar-refractivity contribution < 1.29 is 13.2 Å². The Labute approximate surface area is 215 Å². The first-order chi connectivity index (χ1) is 18.5. The third-order valence-corrected chi connectivity index (χ3v) is 6.85. The Bertz CT molecular complexity index is 1840. The Balaban J connectivity index is 1.55. The van der Waals surface area contributed by atoms with Gasteiger partial charge < -0.3 is 0 Å². The first kappa shape index (κ1) is 22.4. The smallest absolute Gasteiger partial charge is 0.246 e. The molecule has 38 heavy (non-hydrogen) atoms. The van der Waals surface area contributed by atoms with E-state index in [-0.39, 0.29) is 5.82 Å². The minimum Gasteiger partial charge on any atom is -0.246 e. The molecular weight excluding hydrogens is 483 g/mol. The molecule has 5 aromatic carbocycles. The summed E-state index contributed by atoms with van der Waals surface area (Å²) in [5.41, 5.74) is 4.63. The predicted molar refractivity (Wildman–Crippen MR) is 145 cm³/mol. The summed E-state index contributed by atoms with van der Waals surface area (Å²) >= 11 is 0. The van der Waals surface area contributed by atoms with Crippen molar-refractivity contribution in [1.82, 2.24) is 15.0 Å². The number of rotatable bonds is 3. The minimum absolute atomic E-state index is 0.256. The number of halogens is 3. The van der Waals surface area contributed by atoms with Crippen LogP contribution in [0.3, 0.4) is 0 Å². The van der Waals surface area contributed by atoms with Crippen LogP contribution in [0.5, 0.6) is 0 Å². The number of benzene rings is 5. The molecule has 3 nitrogen and oxygen atoms in total. The van der Waals surface area contributed by atoms with Gasteiger partial charge in [0.2, 0.25) is 0 Å². The van der Waals surface area contributed by atoms with Crippen LogP contribution in [0, 0.1) is 0 Å². The fraction of sp³-hybridized carbons (Fsp3) is 0.0312. The zero-order valence-electron chi connectivity index (χ0n) is 19.9. The molecule has 7 rings (SSSR count). The highest BCUT2D eigenvalue weighted by molar-refractivity contribution is 6.26. The third kappa shape index (κ3) is 3.57. The van der Waals surface area contributed by atoms with E-state index < -0.39 is 11.7 Å². The normalized spacial score (nSPS) is 12.1. The Morgan fingerprint density at radius 1 is 0.474 bits per heavy atom. The number of pyridine rings is 1. The largest absolute Gasteiger partial charge is 0.416 e. The Morgan fingerprint density at radius 3 is 1.53 bits per heavy atom. The van der Waals surface area contributed by atoms with Crippen LogP contribution in [0.2, 0.25) is 0 Å². The standard InChI is InChI=1S/C32H18F3N3/c33-32(34,35)22-13-7-12-21(18-22)31-36-25-16-14-23-27-24(15-17-26(37-31)28(25)27)30(20-10-5-2-6-11-20)38-29(23)19-8-3-1-4-9-19/h1-18H. The van der Waals surface area contributed by atoms with Gasteiger partial charge in [-0.1, -0.05) is 72.8 Å².